The molecule has 86 valence electrons. The van der Waals surface area contributed by atoms with Crippen LogP contribution >= 0.6 is 0 Å². The number of halogens is 1. The van der Waals surface area contributed by atoms with Crippen molar-refractivity contribution in [1.82, 2.24) is 4.31 Å². The Morgan fingerprint density at radius 3 is 2.56 bits per heavy atom. The van der Waals surface area contributed by atoms with E-state index in [0.717, 1.165) is 6.07 Å². The first kappa shape index (κ1) is 11.3. The van der Waals surface area contributed by atoms with E-state index in [9.17, 15) is 12.8 Å². The van der Waals surface area contributed by atoms with Gasteiger partial charge in [0.2, 0.25) is 10.0 Å². The van der Waals surface area contributed by atoms with Crippen LogP contribution in [0.5, 0.6) is 0 Å². The smallest absolute Gasteiger partial charge is 0.207 e. The maximum atomic E-state index is 13.4. The largest absolute Gasteiger partial charge is 0.246 e. The van der Waals surface area contributed by atoms with Crippen LogP contribution in [-0.4, -0.2) is 25.8 Å². The average molecular weight is 241 g/mol. The lowest BCUT2D eigenvalue weighted by atomic mass is 10.3. The third-order valence-corrected chi connectivity index (χ3v) is 4.37. The zero-order valence-electron chi connectivity index (χ0n) is 8.64. The SMILES string of the molecule is O=S(=O)(c1ccccc1F)N1CC=CCC1. The summed E-state index contributed by atoms with van der Waals surface area (Å²) < 4.78 is 38.8. The standard InChI is InChI=1S/C11H12FNO2S/c12-10-6-2-3-7-11(10)16(14,15)13-8-4-1-5-9-13/h1-4,6-7H,5,8-9H2. The van der Waals surface area contributed by atoms with Gasteiger partial charge in [0.15, 0.2) is 0 Å². The summed E-state index contributed by atoms with van der Waals surface area (Å²) in [6, 6.07) is 5.45. The van der Waals surface area contributed by atoms with E-state index >= 15 is 0 Å². The molecule has 1 aliphatic heterocycles. The predicted molar refractivity (Wildman–Crippen MR) is 58.9 cm³/mol. The Morgan fingerprint density at radius 2 is 1.94 bits per heavy atom. The van der Waals surface area contributed by atoms with Crippen molar-refractivity contribution in [1.29, 1.82) is 0 Å². The van der Waals surface area contributed by atoms with Gasteiger partial charge < -0.3 is 0 Å². The minimum Gasteiger partial charge on any atom is -0.207 e. The molecule has 0 amide bonds. The highest BCUT2D eigenvalue weighted by Crippen LogP contribution is 2.20. The number of nitrogens with zero attached hydrogens (tertiary/aromatic N) is 1. The molecule has 0 N–H and O–H groups in total. The second-order valence-corrected chi connectivity index (χ2v) is 5.46. The summed E-state index contributed by atoms with van der Waals surface area (Å²) in [7, 11) is -3.69. The molecule has 2 rings (SSSR count). The molecule has 0 radical (unpaired) electrons. The number of hydrogen-bond acceptors (Lipinski definition) is 2. The van der Waals surface area contributed by atoms with Gasteiger partial charge in [0.1, 0.15) is 10.7 Å². The third-order valence-electron chi connectivity index (χ3n) is 2.48. The predicted octanol–water partition coefficient (Wildman–Crippen LogP) is 1.78. The van der Waals surface area contributed by atoms with Crippen molar-refractivity contribution >= 4 is 10.0 Å². The number of sulfonamides is 1. The number of hydrogen-bond donors (Lipinski definition) is 0. The van der Waals surface area contributed by atoms with Gasteiger partial charge in [-0.05, 0) is 18.6 Å². The molecule has 3 nitrogen and oxygen atoms in total. The monoisotopic (exact) mass is 241 g/mol. The van der Waals surface area contributed by atoms with E-state index in [-0.39, 0.29) is 4.90 Å². The van der Waals surface area contributed by atoms with Crippen molar-refractivity contribution in [2.24, 2.45) is 0 Å². The van der Waals surface area contributed by atoms with Crippen LogP contribution in [0.4, 0.5) is 4.39 Å². The molecule has 0 spiro atoms. The highest BCUT2D eigenvalue weighted by Gasteiger charge is 2.26. The van der Waals surface area contributed by atoms with Crippen LogP contribution in [0.3, 0.4) is 0 Å². The zero-order chi connectivity index (χ0) is 11.6. The van der Waals surface area contributed by atoms with Crippen LogP contribution < -0.4 is 0 Å². The van der Waals surface area contributed by atoms with E-state index in [2.05, 4.69) is 0 Å². The fourth-order valence-electron chi connectivity index (χ4n) is 1.63. The molecule has 1 aliphatic rings. The topological polar surface area (TPSA) is 37.4 Å². The van der Waals surface area contributed by atoms with Crippen LogP contribution in [0.2, 0.25) is 0 Å². The lowest BCUT2D eigenvalue weighted by Gasteiger charge is -2.22. The molecule has 0 aromatic heterocycles. The van der Waals surface area contributed by atoms with E-state index in [1.54, 1.807) is 6.08 Å². The Labute approximate surface area is 94.2 Å². The Bertz CT molecular complexity index is 510. The van der Waals surface area contributed by atoms with Crippen molar-refractivity contribution in [2.45, 2.75) is 11.3 Å². The van der Waals surface area contributed by atoms with Crippen molar-refractivity contribution in [2.75, 3.05) is 13.1 Å². The lowest BCUT2D eigenvalue weighted by Crippen LogP contribution is -2.34. The van der Waals surface area contributed by atoms with E-state index in [0.29, 0.717) is 19.5 Å². The molecule has 1 aromatic carbocycles. The zero-order valence-corrected chi connectivity index (χ0v) is 9.45. The summed E-state index contributed by atoms with van der Waals surface area (Å²) in [6.07, 6.45) is 4.38. The molecule has 0 unspecified atom stereocenters. The molecule has 0 fully saturated rings. The molecule has 0 atom stereocenters. The first-order valence-electron chi connectivity index (χ1n) is 5.02. The molecule has 5 heteroatoms. The van der Waals surface area contributed by atoms with Gasteiger partial charge >= 0.3 is 0 Å². The first-order valence-corrected chi connectivity index (χ1v) is 6.46. The third kappa shape index (κ3) is 2.01. The summed E-state index contributed by atoms with van der Waals surface area (Å²) in [6.45, 7) is 0.726. The maximum Gasteiger partial charge on any atom is 0.246 e. The first-order chi connectivity index (χ1) is 7.62. The fraction of sp³-hybridized carbons (Fsp3) is 0.273. The minimum atomic E-state index is -3.69. The molecule has 1 heterocycles. The average Bonchev–Trinajstić information content (AvgIpc) is 2.30. The van der Waals surface area contributed by atoms with Crippen LogP contribution in [0.1, 0.15) is 6.42 Å². The number of benzene rings is 1. The summed E-state index contributed by atoms with van der Waals surface area (Å²) in [5, 5.41) is 0. The Hall–Kier alpha value is -1.20. The van der Waals surface area contributed by atoms with Crippen LogP contribution in [0.15, 0.2) is 41.3 Å². The van der Waals surface area contributed by atoms with Gasteiger partial charge in [0.25, 0.3) is 0 Å². The van der Waals surface area contributed by atoms with Gasteiger partial charge in [-0.15, -0.1) is 0 Å². The Balaban J connectivity index is 2.39. The summed E-state index contributed by atoms with van der Waals surface area (Å²) in [5.74, 6) is -0.697. The molecule has 16 heavy (non-hydrogen) atoms. The van der Waals surface area contributed by atoms with Crippen molar-refractivity contribution < 1.29 is 12.8 Å². The van der Waals surface area contributed by atoms with E-state index in [1.165, 1.54) is 22.5 Å². The van der Waals surface area contributed by atoms with Gasteiger partial charge in [-0.25, -0.2) is 12.8 Å². The number of rotatable bonds is 2. The summed E-state index contributed by atoms with van der Waals surface area (Å²) in [5.41, 5.74) is 0. The molecule has 0 bridgehead atoms. The molecule has 0 saturated carbocycles. The molecular formula is C11H12FNO2S. The van der Waals surface area contributed by atoms with Gasteiger partial charge in [-0.1, -0.05) is 24.3 Å². The second kappa shape index (κ2) is 4.35. The summed E-state index contributed by atoms with van der Waals surface area (Å²) >= 11 is 0. The molecule has 0 saturated heterocycles. The molecule has 1 aromatic rings. The van der Waals surface area contributed by atoms with Crippen LogP contribution in [-0.2, 0) is 10.0 Å². The minimum absolute atomic E-state index is 0.245. The normalized spacial score (nSPS) is 17.6. The van der Waals surface area contributed by atoms with Crippen molar-refractivity contribution in [3.8, 4) is 0 Å². The lowest BCUT2D eigenvalue weighted by molar-refractivity contribution is 0.433. The van der Waals surface area contributed by atoms with E-state index in [1.807, 2.05) is 6.08 Å². The Morgan fingerprint density at radius 1 is 1.19 bits per heavy atom. The van der Waals surface area contributed by atoms with Crippen molar-refractivity contribution in [3.05, 3.63) is 42.2 Å². The van der Waals surface area contributed by atoms with Crippen LogP contribution in [0.25, 0.3) is 0 Å². The maximum absolute atomic E-state index is 13.4. The quantitative estimate of drug-likeness (QED) is 0.740. The summed E-state index contributed by atoms with van der Waals surface area (Å²) in [4.78, 5) is -0.245. The van der Waals surface area contributed by atoms with Gasteiger partial charge in [-0.3, -0.25) is 0 Å². The van der Waals surface area contributed by atoms with Gasteiger partial charge in [-0.2, -0.15) is 4.31 Å². The Kier molecular flexibility index (Phi) is 3.07. The van der Waals surface area contributed by atoms with Crippen molar-refractivity contribution in [3.63, 3.8) is 0 Å². The van der Waals surface area contributed by atoms with Gasteiger partial charge in [0.05, 0.1) is 0 Å². The highest BCUT2D eigenvalue weighted by molar-refractivity contribution is 7.89. The van der Waals surface area contributed by atoms with E-state index < -0.39 is 15.8 Å². The highest BCUT2D eigenvalue weighted by atomic mass is 32.2. The van der Waals surface area contributed by atoms with E-state index in [4.69, 9.17) is 0 Å². The van der Waals surface area contributed by atoms with Crippen LogP contribution in [0, 0.1) is 5.82 Å². The second-order valence-electron chi connectivity index (χ2n) is 3.55. The van der Waals surface area contributed by atoms with Gasteiger partial charge in [0, 0.05) is 13.1 Å². The molecular weight excluding hydrogens is 229 g/mol. The molecule has 0 aliphatic carbocycles. The fourth-order valence-corrected chi connectivity index (χ4v) is 3.10.